The summed E-state index contributed by atoms with van der Waals surface area (Å²) in [5.74, 6) is -0.0646. The number of carbonyl (C=O) groups is 1. The Morgan fingerprint density at radius 1 is 1.11 bits per heavy atom. The van der Waals surface area contributed by atoms with Crippen LogP contribution in [0.15, 0.2) is 48.5 Å². The number of aryl methyl sites for hydroxylation is 1. The van der Waals surface area contributed by atoms with E-state index >= 15 is 0 Å². The topological polar surface area (TPSA) is 88.2 Å². The predicted octanol–water partition coefficient (Wildman–Crippen LogP) is 3.31. The Labute approximate surface area is 162 Å². The molecular formula is C19H21N3O3S2. The number of carbonyl (C=O) groups excluding carboxylic acids is 1. The summed E-state index contributed by atoms with van der Waals surface area (Å²) >= 11 is 1.66. The minimum Gasteiger partial charge on any atom is -0.352 e. The highest BCUT2D eigenvalue weighted by Gasteiger charge is 2.09. The number of sulfonamides is 1. The number of nitrogens with one attached hydrogen (secondary N) is 2. The lowest BCUT2D eigenvalue weighted by atomic mass is 10.1. The molecule has 1 aromatic heterocycles. The van der Waals surface area contributed by atoms with Crippen LogP contribution in [0, 0.1) is 0 Å². The molecule has 0 saturated carbocycles. The van der Waals surface area contributed by atoms with Crippen LogP contribution in [0.3, 0.4) is 0 Å². The lowest BCUT2D eigenvalue weighted by molar-refractivity contribution is -0.121. The van der Waals surface area contributed by atoms with Crippen molar-refractivity contribution in [3.63, 3.8) is 0 Å². The van der Waals surface area contributed by atoms with Crippen molar-refractivity contribution < 1.29 is 13.2 Å². The minimum atomic E-state index is -3.36. The van der Waals surface area contributed by atoms with Gasteiger partial charge < -0.3 is 5.32 Å². The number of benzene rings is 2. The second-order valence-corrected chi connectivity index (χ2v) is 9.10. The van der Waals surface area contributed by atoms with Crippen LogP contribution in [0.25, 0.3) is 10.2 Å². The van der Waals surface area contributed by atoms with Gasteiger partial charge in [0, 0.05) is 13.0 Å². The Kier molecular flexibility index (Phi) is 6.08. The van der Waals surface area contributed by atoms with Gasteiger partial charge in [-0.3, -0.25) is 9.52 Å². The van der Waals surface area contributed by atoms with E-state index in [0.717, 1.165) is 39.9 Å². The molecule has 1 heterocycles. The quantitative estimate of drug-likeness (QED) is 0.604. The standard InChI is InChI=1S/C19H21N3O3S2/c1-27(24,25)22-15-8-3-2-7-14(15)13-20-18(23)11-6-12-19-21-16-9-4-5-10-17(16)26-19/h2-5,7-10,22H,6,11-13H2,1H3,(H,20,23). The molecule has 3 rings (SSSR count). The van der Waals surface area contributed by atoms with Crippen LogP contribution < -0.4 is 10.0 Å². The monoisotopic (exact) mass is 403 g/mol. The fourth-order valence-electron chi connectivity index (χ4n) is 2.68. The van der Waals surface area contributed by atoms with E-state index in [-0.39, 0.29) is 12.5 Å². The molecule has 0 aliphatic heterocycles. The summed E-state index contributed by atoms with van der Waals surface area (Å²) in [6, 6.07) is 15.0. The molecule has 2 aromatic carbocycles. The van der Waals surface area contributed by atoms with E-state index in [4.69, 9.17) is 0 Å². The SMILES string of the molecule is CS(=O)(=O)Nc1ccccc1CNC(=O)CCCc1nc2ccccc2s1. The van der Waals surface area contributed by atoms with E-state index in [0.29, 0.717) is 12.1 Å². The second-order valence-electron chi connectivity index (χ2n) is 6.24. The van der Waals surface area contributed by atoms with Crippen LogP contribution in [0.5, 0.6) is 0 Å². The Hall–Kier alpha value is -2.45. The van der Waals surface area contributed by atoms with Crippen LogP contribution in [0.4, 0.5) is 5.69 Å². The van der Waals surface area contributed by atoms with Crippen LogP contribution in [0.1, 0.15) is 23.4 Å². The minimum absolute atomic E-state index is 0.0646. The van der Waals surface area contributed by atoms with Gasteiger partial charge in [-0.05, 0) is 36.6 Å². The van der Waals surface area contributed by atoms with Gasteiger partial charge in [-0.15, -0.1) is 11.3 Å². The van der Waals surface area contributed by atoms with Gasteiger partial charge in [0.25, 0.3) is 0 Å². The first-order chi connectivity index (χ1) is 12.9. The smallest absolute Gasteiger partial charge is 0.229 e. The molecule has 0 radical (unpaired) electrons. The molecule has 6 nitrogen and oxygen atoms in total. The average molecular weight is 404 g/mol. The van der Waals surface area contributed by atoms with Crippen molar-refractivity contribution in [3.05, 3.63) is 59.1 Å². The molecule has 8 heteroatoms. The molecule has 0 atom stereocenters. The Morgan fingerprint density at radius 2 is 1.85 bits per heavy atom. The van der Waals surface area contributed by atoms with Crippen LogP contribution in [-0.2, 0) is 27.8 Å². The normalized spacial score (nSPS) is 11.4. The summed E-state index contributed by atoms with van der Waals surface area (Å²) < 4.78 is 26.5. The molecule has 0 fully saturated rings. The van der Waals surface area contributed by atoms with Gasteiger partial charge in [-0.2, -0.15) is 0 Å². The molecule has 0 aliphatic rings. The third-order valence-electron chi connectivity index (χ3n) is 3.92. The van der Waals surface area contributed by atoms with Gasteiger partial charge in [0.05, 0.1) is 27.2 Å². The molecule has 0 spiro atoms. The molecule has 1 amide bonds. The lowest BCUT2D eigenvalue weighted by Gasteiger charge is -2.11. The number of para-hydroxylation sites is 2. The number of hydrogen-bond acceptors (Lipinski definition) is 5. The molecule has 3 aromatic rings. The number of thiazole rings is 1. The summed E-state index contributed by atoms with van der Waals surface area (Å²) in [6.07, 6.45) is 2.98. The van der Waals surface area contributed by atoms with Crippen molar-refractivity contribution in [1.82, 2.24) is 10.3 Å². The van der Waals surface area contributed by atoms with Crippen LogP contribution >= 0.6 is 11.3 Å². The number of aromatic nitrogens is 1. The molecule has 0 bridgehead atoms. The van der Waals surface area contributed by atoms with Crippen molar-refractivity contribution in [2.75, 3.05) is 11.0 Å². The second kappa shape index (κ2) is 8.49. The first kappa shape index (κ1) is 19.3. The summed E-state index contributed by atoms with van der Waals surface area (Å²) in [5.41, 5.74) is 2.20. The largest absolute Gasteiger partial charge is 0.352 e. The number of fused-ring (bicyclic) bond motifs is 1. The van der Waals surface area contributed by atoms with E-state index in [1.807, 2.05) is 30.3 Å². The maximum Gasteiger partial charge on any atom is 0.229 e. The van der Waals surface area contributed by atoms with Crippen molar-refractivity contribution in [2.45, 2.75) is 25.8 Å². The van der Waals surface area contributed by atoms with Crippen LogP contribution in [0.2, 0.25) is 0 Å². The Bertz CT molecular complexity index is 1010. The number of rotatable bonds is 8. The van der Waals surface area contributed by atoms with Crippen molar-refractivity contribution in [3.8, 4) is 0 Å². The molecular weight excluding hydrogens is 382 g/mol. The number of anilines is 1. The summed E-state index contributed by atoms with van der Waals surface area (Å²) in [6.45, 7) is 0.276. The van der Waals surface area contributed by atoms with E-state index in [1.165, 1.54) is 0 Å². The van der Waals surface area contributed by atoms with Gasteiger partial charge in [-0.25, -0.2) is 13.4 Å². The molecule has 0 aliphatic carbocycles. The van der Waals surface area contributed by atoms with Gasteiger partial charge >= 0.3 is 0 Å². The molecule has 0 saturated heterocycles. The number of nitrogens with zero attached hydrogens (tertiary/aromatic N) is 1. The molecule has 142 valence electrons. The van der Waals surface area contributed by atoms with Crippen LogP contribution in [-0.4, -0.2) is 25.6 Å². The third kappa shape index (κ3) is 5.77. The predicted molar refractivity (Wildman–Crippen MR) is 109 cm³/mol. The summed E-state index contributed by atoms with van der Waals surface area (Å²) in [4.78, 5) is 16.7. The highest BCUT2D eigenvalue weighted by molar-refractivity contribution is 7.92. The Morgan fingerprint density at radius 3 is 2.63 bits per heavy atom. The average Bonchev–Trinajstić information content (AvgIpc) is 3.02. The molecule has 0 unspecified atom stereocenters. The first-order valence-electron chi connectivity index (χ1n) is 8.57. The van der Waals surface area contributed by atoms with Gasteiger partial charge in [0.2, 0.25) is 15.9 Å². The fourth-order valence-corrected chi connectivity index (χ4v) is 4.29. The lowest BCUT2D eigenvalue weighted by Crippen LogP contribution is -2.23. The molecule has 27 heavy (non-hydrogen) atoms. The summed E-state index contributed by atoms with van der Waals surface area (Å²) in [7, 11) is -3.36. The highest BCUT2D eigenvalue weighted by atomic mass is 32.2. The highest BCUT2D eigenvalue weighted by Crippen LogP contribution is 2.22. The van der Waals surface area contributed by atoms with Crippen molar-refractivity contribution >= 4 is 43.2 Å². The van der Waals surface area contributed by atoms with Gasteiger partial charge in [0.15, 0.2) is 0 Å². The number of hydrogen-bond donors (Lipinski definition) is 2. The maximum absolute atomic E-state index is 12.1. The van der Waals surface area contributed by atoms with E-state index in [1.54, 1.807) is 29.5 Å². The third-order valence-corrected chi connectivity index (χ3v) is 5.61. The van der Waals surface area contributed by atoms with E-state index in [9.17, 15) is 13.2 Å². The molecule has 2 N–H and O–H groups in total. The number of amides is 1. The summed E-state index contributed by atoms with van der Waals surface area (Å²) in [5, 5.41) is 3.88. The van der Waals surface area contributed by atoms with Crippen molar-refractivity contribution in [2.24, 2.45) is 0 Å². The first-order valence-corrected chi connectivity index (χ1v) is 11.3. The van der Waals surface area contributed by atoms with E-state index in [2.05, 4.69) is 15.0 Å². The zero-order valence-electron chi connectivity index (χ0n) is 14.9. The zero-order valence-corrected chi connectivity index (χ0v) is 16.6. The van der Waals surface area contributed by atoms with Crippen molar-refractivity contribution in [1.29, 1.82) is 0 Å². The zero-order chi connectivity index (χ0) is 19.3. The van der Waals surface area contributed by atoms with Gasteiger partial charge in [-0.1, -0.05) is 30.3 Å². The Balaban J connectivity index is 1.49. The van der Waals surface area contributed by atoms with Gasteiger partial charge in [0.1, 0.15) is 0 Å². The maximum atomic E-state index is 12.1. The fraction of sp³-hybridized carbons (Fsp3) is 0.263. The van der Waals surface area contributed by atoms with E-state index < -0.39 is 10.0 Å².